The third kappa shape index (κ3) is 3.97. The molecule has 0 saturated carbocycles. The van der Waals surface area contributed by atoms with E-state index in [1.165, 1.54) is 18.2 Å². The third-order valence-corrected chi connectivity index (χ3v) is 4.40. The summed E-state index contributed by atoms with van der Waals surface area (Å²) in [6.45, 7) is 1.93. The number of nitrogens with one attached hydrogen (secondary N) is 1. The molecule has 0 spiro atoms. The molecule has 24 heavy (non-hydrogen) atoms. The van der Waals surface area contributed by atoms with Gasteiger partial charge in [0.15, 0.2) is 0 Å². The zero-order valence-electron chi connectivity index (χ0n) is 13.7. The predicted molar refractivity (Wildman–Crippen MR) is 93.2 cm³/mol. The van der Waals surface area contributed by atoms with Crippen LogP contribution in [0.2, 0.25) is 0 Å². The lowest BCUT2D eigenvalue weighted by atomic mass is 9.88. The number of halogens is 2. The molecule has 1 fully saturated rings. The molecule has 0 unspecified atom stereocenters. The van der Waals surface area contributed by atoms with E-state index in [0.717, 1.165) is 31.6 Å². The smallest absolute Gasteiger partial charge is 0.132 e. The Morgan fingerprint density at radius 1 is 1.04 bits per heavy atom. The minimum atomic E-state index is -0.297. The summed E-state index contributed by atoms with van der Waals surface area (Å²) in [6, 6.07) is 12.7. The summed E-state index contributed by atoms with van der Waals surface area (Å²) in [5.41, 5.74) is 4.88. The standard InChI is InChI=1S/C19H21F2N3/c1-24-12-10-14(11-13-24)19(17-4-2-3-5-18(17)21)23-22-16-8-6-15(20)7-9-16/h2-9,14,22H,10-13H2,1H3. The monoisotopic (exact) mass is 329 g/mol. The van der Waals surface area contributed by atoms with Crippen molar-refractivity contribution < 1.29 is 8.78 Å². The van der Waals surface area contributed by atoms with Crippen LogP contribution in [0.3, 0.4) is 0 Å². The van der Waals surface area contributed by atoms with Crippen LogP contribution in [-0.2, 0) is 0 Å². The molecule has 3 rings (SSSR count). The predicted octanol–water partition coefficient (Wildman–Crippen LogP) is 4.12. The molecule has 0 amide bonds. The highest BCUT2D eigenvalue weighted by Crippen LogP contribution is 2.24. The van der Waals surface area contributed by atoms with Gasteiger partial charge in [-0.05, 0) is 63.3 Å². The molecule has 0 atom stereocenters. The van der Waals surface area contributed by atoms with E-state index in [0.29, 0.717) is 11.3 Å². The molecule has 0 radical (unpaired) electrons. The first-order chi connectivity index (χ1) is 11.6. The summed E-state index contributed by atoms with van der Waals surface area (Å²) in [6.07, 6.45) is 1.88. The summed E-state index contributed by atoms with van der Waals surface area (Å²) < 4.78 is 27.3. The Morgan fingerprint density at radius 3 is 2.38 bits per heavy atom. The number of benzene rings is 2. The van der Waals surface area contributed by atoms with Gasteiger partial charge in [0.05, 0.1) is 11.4 Å². The van der Waals surface area contributed by atoms with Gasteiger partial charge in [-0.1, -0.05) is 18.2 Å². The fourth-order valence-corrected chi connectivity index (χ4v) is 2.97. The van der Waals surface area contributed by atoms with E-state index in [9.17, 15) is 8.78 Å². The first kappa shape index (κ1) is 16.6. The molecule has 1 aliphatic heterocycles. The van der Waals surface area contributed by atoms with Crippen molar-refractivity contribution in [2.24, 2.45) is 11.0 Å². The summed E-state index contributed by atoms with van der Waals surface area (Å²) in [5.74, 6) is -0.365. The van der Waals surface area contributed by atoms with E-state index in [4.69, 9.17) is 0 Å². The number of hydrazone groups is 1. The van der Waals surface area contributed by atoms with Crippen molar-refractivity contribution in [1.82, 2.24) is 4.90 Å². The van der Waals surface area contributed by atoms with Crippen LogP contribution in [-0.4, -0.2) is 30.7 Å². The van der Waals surface area contributed by atoms with Gasteiger partial charge in [-0.2, -0.15) is 5.10 Å². The number of hydrogen-bond donors (Lipinski definition) is 1. The first-order valence-electron chi connectivity index (χ1n) is 8.16. The van der Waals surface area contributed by atoms with Crippen LogP contribution in [0.4, 0.5) is 14.5 Å². The number of likely N-dealkylation sites (tertiary alicyclic amines) is 1. The lowest BCUT2D eigenvalue weighted by molar-refractivity contribution is 0.252. The third-order valence-electron chi connectivity index (χ3n) is 4.40. The van der Waals surface area contributed by atoms with Crippen LogP contribution in [0.5, 0.6) is 0 Å². The van der Waals surface area contributed by atoms with Gasteiger partial charge in [0, 0.05) is 11.5 Å². The Balaban J connectivity index is 1.88. The number of nitrogens with zero attached hydrogens (tertiary/aromatic N) is 2. The van der Waals surface area contributed by atoms with Gasteiger partial charge in [0.2, 0.25) is 0 Å². The van der Waals surface area contributed by atoms with Crippen molar-refractivity contribution in [2.75, 3.05) is 25.6 Å². The molecule has 0 bridgehead atoms. The second-order valence-electron chi connectivity index (χ2n) is 6.17. The van der Waals surface area contributed by atoms with Gasteiger partial charge in [-0.25, -0.2) is 8.78 Å². The van der Waals surface area contributed by atoms with Gasteiger partial charge in [0.1, 0.15) is 11.6 Å². The molecular formula is C19H21F2N3. The van der Waals surface area contributed by atoms with Crippen LogP contribution in [0, 0.1) is 17.6 Å². The van der Waals surface area contributed by atoms with Crippen molar-refractivity contribution in [1.29, 1.82) is 0 Å². The molecule has 5 heteroatoms. The lowest BCUT2D eigenvalue weighted by Crippen LogP contribution is -2.34. The Labute approximate surface area is 141 Å². The van der Waals surface area contributed by atoms with Crippen molar-refractivity contribution in [3.05, 3.63) is 65.7 Å². The Hall–Kier alpha value is -2.27. The van der Waals surface area contributed by atoms with Crippen molar-refractivity contribution in [2.45, 2.75) is 12.8 Å². The second kappa shape index (κ2) is 7.53. The summed E-state index contributed by atoms with van der Waals surface area (Å²) in [7, 11) is 2.09. The molecule has 2 aromatic rings. The van der Waals surface area contributed by atoms with Crippen LogP contribution in [0.1, 0.15) is 18.4 Å². The largest absolute Gasteiger partial charge is 0.306 e. The quantitative estimate of drug-likeness (QED) is 0.675. The first-order valence-corrected chi connectivity index (χ1v) is 8.16. The van der Waals surface area contributed by atoms with Crippen LogP contribution in [0.25, 0.3) is 0 Å². The SMILES string of the molecule is CN1CCC(C(=NNc2ccc(F)cc2)c2ccccc2F)CC1. The summed E-state index contributed by atoms with van der Waals surface area (Å²) in [4.78, 5) is 2.27. The average Bonchev–Trinajstić information content (AvgIpc) is 2.59. The summed E-state index contributed by atoms with van der Waals surface area (Å²) >= 11 is 0. The zero-order valence-corrected chi connectivity index (χ0v) is 13.7. The van der Waals surface area contributed by atoms with Gasteiger partial charge in [-0.3, -0.25) is 5.43 Å². The van der Waals surface area contributed by atoms with Gasteiger partial charge in [-0.15, -0.1) is 0 Å². The molecule has 1 N–H and O–H groups in total. The highest BCUT2D eigenvalue weighted by atomic mass is 19.1. The molecular weight excluding hydrogens is 308 g/mol. The molecule has 3 nitrogen and oxygen atoms in total. The van der Waals surface area contributed by atoms with Gasteiger partial charge >= 0.3 is 0 Å². The molecule has 126 valence electrons. The van der Waals surface area contributed by atoms with Gasteiger partial charge < -0.3 is 4.90 Å². The Kier molecular flexibility index (Phi) is 5.20. The molecule has 1 saturated heterocycles. The van der Waals surface area contributed by atoms with E-state index in [1.54, 1.807) is 24.3 Å². The topological polar surface area (TPSA) is 27.6 Å². The molecule has 1 heterocycles. The normalized spacial score (nSPS) is 17.0. The second-order valence-corrected chi connectivity index (χ2v) is 6.17. The van der Waals surface area contributed by atoms with E-state index < -0.39 is 0 Å². The fraction of sp³-hybridized carbons (Fsp3) is 0.316. The van der Waals surface area contributed by atoms with Crippen molar-refractivity contribution in [3.8, 4) is 0 Å². The van der Waals surface area contributed by atoms with E-state index >= 15 is 0 Å². The van der Waals surface area contributed by atoms with E-state index in [2.05, 4.69) is 22.5 Å². The van der Waals surface area contributed by atoms with E-state index in [-0.39, 0.29) is 17.6 Å². The van der Waals surface area contributed by atoms with Crippen LogP contribution in [0.15, 0.2) is 53.6 Å². The zero-order chi connectivity index (χ0) is 16.9. The van der Waals surface area contributed by atoms with Crippen molar-refractivity contribution >= 4 is 11.4 Å². The fourth-order valence-electron chi connectivity index (χ4n) is 2.97. The highest BCUT2D eigenvalue weighted by Gasteiger charge is 2.24. The average molecular weight is 329 g/mol. The summed E-state index contributed by atoms with van der Waals surface area (Å²) in [5, 5.41) is 4.49. The maximum atomic E-state index is 14.3. The lowest BCUT2D eigenvalue weighted by Gasteiger charge is -2.30. The molecule has 2 aromatic carbocycles. The minimum Gasteiger partial charge on any atom is -0.306 e. The number of anilines is 1. The maximum absolute atomic E-state index is 14.3. The minimum absolute atomic E-state index is 0.200. The molecule has 1 aliphatic rings. The van der Waals surface area contributed by atoms with Crippen molar-refractivity contribution in [3.63, 3.8) is 0 Å². The number of hydrogen-bond acceptors (Lipinski definition) is 3. The highest BCUT2D eigenvalue weighted by molar-refractivity contribution is 6.02. The van der Waals surface area contributed by atoms with Crippen LogP contribution >= 0.6 is 0 Å². The molecule has 0 aromatic heterocycles. The van der Waals surface area contributed by atoms with Crippen LogP contribution < -0.4 is 5.43 Å². The van der Waals surface area contributed by atoms with E-state index in [1.807, 2.05) is 6.07 Å². The number of piperidine rings is 1. The Bertz CT molecular complexity index is 705. The van der Waals surface area contributed by atoms with Gasteiger partial charge in [0.25, 0.3) is 0 Å². The molecule has 0 aliphatic carbocycles. The maximum Gasteiger partial charge on any atom is 0.132 e. The number of rotatable bonds is 4. The Morgan fingerprint density at radius 2 is 1.71 bits per heavy atom.